The summed E-state index contributed by atoms with van der Waals surface area (Å²) < 4.78 is 10.5. The van der Waals surface area contributed by atoms with Crippen LogP contribution in [0.4, 0.5) is 0 Å². The van der Waals surface area contributed by atoms with E-state index in [4.69, 9.17) is 14.6 Å². The van der Waals surface area contributed by atoms with E-state index in [2.05, 4.69) is 17.1 Å². The topological polar surface area (TPSA) is 99.2 Å². The zero-order valence-corrected chi connectivity index (χ0v) is 14.8. The monoisotopic (exact) mass is 367 g/mol. The smallest absolute Gasteiger partial charge is 0.119 e. The summed E-state index contributed by atoms with van der Waals surface area (Å²) in [5.41, 5.74) is 2.12. The number of nitriles is 2. The summed E-state index contributed by atoms with van der Waals surface area (Å²) in [7, 11) is 0. The van der Waals surface area contributed by atoms with Crippen molar-refractivity contribution in [1.29, 1.82) is 10.5 Å². The van der Waals surface area contributed by atoms with Crippen molar-refractivity contribution < 1.29 is 14.6 Å². The van der Waals surface area contributed by atoms with Crippen LogP contribution in [0.2, 0.25) is 0 Å². The first-order chi connectivity index (χ1) is 12.8. The number of aliphatic hydroxyl groups is 1. The Balaban J connectivity index is 1.93. The van der Waals surface area contributed by atoms with Gasteiger partial charge in [-0.25, -0.2) is 4.98 Å². The quantitative estimate of drug-likeness (QED) is 0.751. The van der Waals surface area contributed by atoms with Gasteiger partial charge in [0.15, 0.2) is 0 Å². The first-order valence-electron chi connectivity index (χ1n) is 8.14. The van der Waals surface area contributed by atoms with Crippen molar-refractivity contribution in [2.24, 2.45) is 5.92 Å². The molecule has 2 aromatic rings. The second-order valence-electron chi connectivity index (χ2n) is 5.76. The molecule has 0 atom stereocenters. The largest absolute Gasteiger partial charge is 0.491 e. The van der Waals surface area contributed by atoms with Crippen LogP contribution in [0.3, 0.4) is 0 Å². The van der Waals surface area contributed by atoms with Crippen LogP contribution in [0, 0.1) is 28.6 Å². The lowest BCUT2D eigenvalue weighted by Gasteiger charge is -2.25. The van der Waals surface area contributed by atoms with Crippen LogP contribution in [0.1, 0.15) is 11.1 Å². The maximum Gasteiger partial charge on any atom is 0.119 e. The second-order valence-corrected chi connectivity index (χ2v) is 6.77. The van der Waals surface area contributed by atoms with E-state index in [1.807, 2.05) is 0 Å². The van der Waals surface area contributed by atoms with E-state index >= 15 is 0 Å². The highest BCUT2D eigenvalue weighted by molar-refractivity contribution is 7.99. The molecule has 0 unspecified atom stereocenters. The lowest BCUT2D eigenvalue weighted by Crippen LogP contribution is -2.29. The van der Waals surface area contributed by atoms with Gasteiger partial charge in [0.25, 0.3) is 0 Å². The van der Waals surface area contributed by atoms with Gasteiger partial charge >= 0.3 is 0 Å². The highest BCUT2D eigenvalue weighted by Crippen LogP contribution is 2.34. The van der Waals surface area contributed by atoms with Gasteiger partial charge in [-0.2, -0.15) is 10.5 Å². The fraction of sp³-hybridized carbons (Fsp3) is 0.316. The van der Waals surface area contributed by atoms with Gasteiger partial charge < -0.3 is 14.6 Å². The third kappa shape index (κ3) is 3.97. The number of thioether (sulfide) groups is 1. The third-order valence-corrected chi connectivity index (χ3v) is 5.16. The number of benzene rings is 1. The predicted octanol–water partition coefficient (Wildman–Crippen LogP) is 2.60. The van der Waals surface area contributed by atoms with E-state index in [0.717, 1.165) is 24.5 Å². The van der Waals surface area contributed by atoms with Gasteiger partial charge in [0.2, 0.25) is 0 Å². The van der Waals surface area contributed by atoms with Gasteiger partial charge in [0.1, 0.15) is 29.5 Å². The molecule has 0 amide bonds. The first kappa shape index (κ1) is 18.2. The minimum atomic E-state index is -0.0596. The molecule has 1 saturated heterocycles. The van der Waals surface area contributed by atoms with Gasteiger partial charge in [-0.05, 0) is 17.7 Å². The molecule has 1 aliphatic rings. The number of pyridine rings is 1. The van der Waals surface area contributed by atoms with E-state index in [1.54, 1.807) is 24.3 Å². The van der Waals surface area contributed by atoms with E-state index in [1.165, 1.54) is 18.0 Å². The number of aliphatic hydroxyl groups excluding tert-OH is 1. The summed E-state index contributed by atoms with van der Waals surface area (Å²) in [6.45, 7) is 1.64. The molecule has 1 aromatic heterocycles. The highest BCUT2D eigenvalue weighted by atomic mass is 32.2. The Morgan fingerprint density at radius 3 is 2.58 bits per heavy atom. The molecule has 1 fully saturated rings. The molecule has 7 heteroatoms. The van der Waals surface area contributed by atoms with Gasteiger partial charge in [0, 0.05) is 23.4 Å². The van der Waals surface area contributed by atoms with Gasteiger partial charge in [-0.3, -0.25) is 0 Å². The van der Waals surface area contributed by atoms with Gasteiger partial charge in [0.05, 0.1) is 30.9 Å². The highest BCUT2D eigenvalue weighted by Gasteiger charge is 2.22. The molecule has 0 spiro atoms. The number of hydrogen-bond acceptors (Lipinski definition) is 7. The second kappa shape index (κ2) is 8.68. The number of rotatable bonds is 7. The summed E-state index contributed by atoms with van der Waals surface area (Å²) in [5.74, 6) is 1.94. The Labute approximate surface area is 156 Å². The zero-order chi connectivity index (χ0) is 18.4. The van der Waals surface area contributed by atoms with Crippen molar-refractivity contribution in [2.75, 3.05) is 32.2 Å². The lowest BCUT2D eigenvalue weighted by molar-refractivity contribution is -0.0196. The van der Waals surface area contributed by atoms with Gasteiger partial charge in [-0.15, -0.1) is 11.8 Å². The van der Waals surface area contributed by atoms with Crippen molar-refractivity contribution in [1.82, 2.24) is 4.98 Å². The normalized spacial score (nSPS) is 13.5. The van der Waals surface area contributed by atoms with Crippen LogP contribution in [0.5, 0.6) is 5.75 Å². The summed E-state index contributed by atoms with van der Waals surface area (Å²) >= 11 is 1.52. The van der Waals surface area contributed by atoms with Crippen molar-refractivity contribution in [3.05, 3.63) is 41.6 Å². The van der Waals surface area contributed by atoms with E-state index in [0.29, 0.717) is 33.4 Å². The average molecular weight is 367 g/mol. The molecule has 0 radical (unpaired) electrons. The third-order valence-electron chi connectivity index (χ3n) is 3.94. The first-order valence-corrected chi connectivity index (χ1v) is 9.13. The van der Waals surface area contributed by atoms with Gasteiger partial charge in [-0.1, -0.05) is 12.1 Å². The fourth-order valence-electron chi connectivity index (χ4n) is 2.55. The van der Waals surface area contributed by atoms with Crippen LogP contribution < -0.4 is 4.74 Å². The van der Waals surface area contributed by atoms with Crippen LogP contribution in [0.15, 0.2) is 35.5 Å². The van der Waals surface area contributed by atoms with E-state index < -0.39 is 0 Å². The van der Waals surface area contributed by atoms with Crippen LogP contribution in [-0.2, 0) is 4.74 Å². The number of ether oxygens (including phenoxy) is 2. The summed E-state index contributed by atoms with van der Waals surface area (Å²) in [5, 5.41) is 28.6. The lowest BCUT2D eigenvalue weighted by atomic mass is 9.97. The van der Waals surface area contributed by atoms with Crippen LogP contribution in [-0.4, -0.2) is 42.3 Å². The molecular formula is C19H17N3O3S. The molecule has 0 saturated carbocycles. The molecule has 3 rings (SSSR count). The molecule has 1 N–H and O–H groups in total. The van der Waals surface area contributed by atoms with Crippen molar-refractivity contribution in [3.8, 4) is 29.0 Å². The molecular weight excluding hydrogens is 350 g/mol. The summed E-state index contributed by atoms with van der Waals surface area (Å²) in [6, 6.07) is 11.5. The predicted molar refractivity (Wildman–Crippen MR) is 96.7 cm³/mol. The fourth-order valence-corrected chi connectivity index (χ4v) is 3.56. The van der Waals surface area contributed by atoms with E-state index in [-0.39, 0.29) is 13.2 Å². The maximum absolute atomic E-state index is 9.70. The molecule has 2 heterocycles. The van der Waals surface area contributed by atoms with Crippen LogP contribution >= 0.6 is 11.8 Å². The Kier molecular flexibility index (Phi) is 6.08. The Morgan fingerprint density at radius 1 is 1.23 bits per heavy atom. The van der Waals surface area contributed by atoms with E-state index in [9.17, 15) is 10.5 Å². The molecule has 1 aromatic carbocycles. The Hall–Kier alpha value is -2.58. The summed E-state index contributed by atoms with van der Waals surface area (Å²) in [4.78, 5) is 4.32. The molecule has 0 aliphatic carbocycles. The Bertz CT molecular complexity index is 852. The zero-order valence-electron chi connectivity index (χ0n) is 14.0. The summed E-state index contributed by atoms with van der Waals surface area (Å²) in [6.07, 6.45) is 1.52. The number of nitrogens with zero attached hydrogens (tertiary/aromatic N) is 3. The van der Waals surface area contributed by atoms with Crippen molar-refractivity contribution >= 4 is 11.8 Å². The SMILES string of the molecule is N#Cc1cnc(SCC2COC2)c(C#N)c1-c1ccc(OCCO)cc1. The molecule has 132 valence electrons. The average Bonchev–Trinajstić information content (AvgIpc) is 2.65. The number of aromatic nitrogens is 1. The molecule has 26 heavy (non-hydrogen) atoms. The minimum absolute atomic E-state index is 0.0596. The van der Waals surface area contributed by atoms with Crippen LogP contribution in [0.25, 0.3) is 11.1 Å². The number of hydrogen-bond donors (Lipinski definition) is 1. The molecule has 1 aliphatic heterocycles. The van der Waals surface area contributed by atoms with Crippen molar-refractivity contribution in [2.45, 2.75) is 5.03 Å². The maximum atomic E-state index is 9.70. The van der Waals surface area contributed by atoms with Crippen molar-refractivity contribution in [3.63, 3.8) is 0 Å². The standard InChI is InChI=1S/C19H17N3O3S/c20-7-15-9-22-19(26-12-13-10-24-11-13)17(8-21)18(15)14-1-3-16(4-2-14)25-6-5-23/h1-4,9,13,23H,5-6,10-12H2. The molecule has 6 nitrogen and oxygen atoms in total. The Morgan fingerprint density at radius 2 is 2.00 bits per heavy atom. The molecule has 0 bridgehead atoms. The minimum Gasteiger partial charge on any atom is -0.491 e.